The molecule has 1 N–H and O–H groups in total. The van der Waals surface area contributed by atoms with Gasteiger partial charge >= 0.3 is 0 Å². The predicted octanol–water partition coefficient (Wildman–Crippen LogP) is 3.52. The summed E-state index contributed by atoms with van der Waals surface area (Å²) in [5.41, 5.74) is 0.727. The van der Waals surface area contributed by atoms with Crippen molar-refractivity contribution in [1.29, 1.82) is 0 Å². The fourth-order valence-electron chi connectivity index (χ4n) is 3.89. The first-order valence-corrected chi connectivity index (χ1v) is 11.2. The van der Waals surface area contributed by atoms with E-state index in [4.69, 9.17) is 23.2 Å². The number of benzene rings is 1. The lowest BCUT2D eigenvalue weighted by molar-refractivity contribution is -0.147. The Morgan fingerprint density at radius 2 is 1.85 bits per heavy atom. The fraction of sp³-hybridized carbons (Fsp3) is 0.526. The van der Waals surface area contributed by atoms with Crippen molar-refractivity contribution >= 4 is 52.7 Å². The molecule has 1 aromatic carbocycles. The van der Waals surface area contributed by atoms with Crippen LogP contribution in [0.4, 0.5) is 0 Å². The average Bonchev–Trinajstić information content (AvgIpc) is 2.90. The van der Waals surface area contributed by atoms with E-state index < -0.39 is 6.04 Å². The van der Waals surface area contributed by atoms with Gasteiger partial charge in [-0.2, -0.15) is 11.8 Å². The van der Waals surface area contributed by atoms with Gasteiger partial charge in [0.2, 0.25) is 17.7 Å². The zero-order chi connectivity index (χ0) is 19.6. The van der Waals surface area contributed by atoms with Crippen molar-refractivity contribution in [2.75, 3.05) is 12.0 Å². The van der Waals surface area contributed by atoms with Crippen LogP contribution >= 0.6 is 35.0 Å². The largest absolute Gasteiger partial charge is 0.350 e. The Morgan fingerprint density at radius 3 is 2.41 bits per heavy atom. The molecule has 0 bridgehead atoms. The van der Waals surface area contributed by atoms with E-state index in [1.54, 1.807) is 18.2 Å². The lowest BCUT2D eigenvalue weighted by atomic mass is 9.81. The molecular weight excluding hydrogens is 407 g/mol. The second-order valence-electron chi connectivity index (χ2n) is 6.97. The van der Waals surface area contributed by atoms with E-state index in [2.05, 4.69) is 5.32 Å². The summed E-state index contributed by atoms with van der Waals surface area (Å²) in [6.07, 6.45) is 5.25. The summed E-state index contributed by atoms with van der Waals surface area (Å²) in [4.78, 5) is 39.7. The van der Waals surface area contributed by atoms with Crippen LogP contribution in [-0.2, 0) is 20.9 Å². The SMILES string of the molecule is CSC[C@H](C(=O)NCc1ccc(Cl)cc1Cl)N1C(=O)[C@@H]2CCCC[C@H]2C1=O. The van der Waals surface area contributed by atoms with Crippen molar-refractivity contribution in [3.63, 3.8) is 0 Å². The number of likely N-dealkylation sites (tertiary alicyclic amines) is 1. The summed E-state index contributed by atoms with van der Waals surface area (Å²) < 4.78 is 0. The van der Waals surface area contributed by atoms with Gasteiger partial charge in [0.1, 0.15) is 6.04 Å². The molecule has 1 aromatic rings. The lowest BCUT2D eigenvalue weighted by Crippen LogP contribution is -2.51. The number of nitrogens with zero attached hydrogens (tertiary/aromatic N) is 1. The molecule has 0 radical (unpaired) electrons. The van der Waals surface area contributed by atoms with Crippen LogP contribution in [0, 0.1) is 11.8 Å². The summed E-state index contributed by atoms with van der Waals surface area (Å²) in [6, 6.07) is 4.26. The second-order valence-corrected chi connectivity index (χ2v) is 8.72. The van der Waals surface area contributed by atoms with Crippen LogP contribution in [0.25, 0.3) is 0 Å². The number of fused-ring (bicyclic) bond motifs is 1. The second kappa shape index (κ2) is 8.84. The number of carbonyl (C=O) groups excluding carboxylic acids is 3. The summed E-state index contributed by atoms with van der Waals surface area (Å²) in [5.74, 6) is -0.859. The first-order valence-electron chi connectivity index (χ1n) is 9.01. The molecule has 0 spiro atoms. The molecule has 1 heterocycles. The average molecular weight is 429 g/mol. The van der Waals surface area contributed by atoms with E-state index in [1.165, 1.54) is 16.7 Å². The molecule has 1 saturated heterocycles. The molecule has 0 aromatic heterocycles. The molecule has 3 rings (SSSR count). The molecule has 1 aliphatic carbocycles. The van der Waals surface area contributed by atoms with Gasteiger partial charge in [-0.3, -0.25) is 19.3 Å². The van der Waals surface area contributed by atoms with Crippen LogP contribution in [0.5, 0.6) is 0 Å². The molecule has 3 amide bonds. The fourth-order valence-corrected chi connectivity index (χ4v) is 4.98. The van der Waals surface area contributed by atoms with Crippen molar-refractivity contribution < 1.29 is 14.4 Å². The number of nitrogens with one attached hydrogen (secondary N) is 1. The van der Waals surface area contributed by atoms with E-state index in [1.807, 2.05) is 6.26 Å². The first-order chi connectivity index (χ1) is 12.9. The lowest BCUT2D eigenvalue weighted by Gasteiger charge is -2.25. The zero-order valence-corrected chi connectivity index (χ0v) is 17.4. The molecule has 3 atom stereocenters. The van der Waals surface area contributed by atoms with Crippen LogP contribution < -0.4 is 5.32 Å². The Balaban J connectivity index is 1.73. The van der Waals surface area contributed by atoms with Crippen molar-refractivity contribution in [3.8, 4) is 0 Å². The van der Waals surface area contributed by atoms with Crippen LogP contribution in [-0.4, -0.2) is 40.7 Å². The van der Waals surface area contributed by atoms with E-state index in [0.29, 0.717) is 15.8 Å². The van der Waals surface area contributed by atoms with Gasteiger partial charge in [-0.05, 0) is 36.8 Å². The Labute approximate surface area is 173 Å². The van der Waals surface area contributed by atoms with Crippen molar-refractivity contribution in [2.45, 2.75) is 38.3 Å². The third-order valence-electron chi connectivity index (χ3n) is 5.28. The van der Waals surface area contributed by atoms with E-state index in [0.717, 1.165) is 31.2 Å². The van der Waals surface area contributed by atoms with Crippen LogP contribution in [0.15, 0.2) is 18.2 Å². The maximum atomic E-state index is 12.8. The third-order valence-corrected chi connectivity index (χ3v) is 6.52. The quantitative estimate of drug-likeness (QED) is 0.703. The number of thioether (sulfide) groups is 1. The van der Waals surface area contributed by atoms with Gasteiger partial charge < -0.3 is 5.32 Å². The number of rotatable bonds is 6. The Kier molecular flexibility index (Phi) is 6.71. The minimum Gasteiger partial charge on any atom is -0.350 e. The number of carbonyl (C=O) groups is 3. The zero-order valence-electron chi connectivity index (χ0n) is 15.0. The van der Waals surface area contributed by atoms with Crippen LogP contribution in [0.3, 0.4) is 0 Å². The van der Waals surface area contributed by atoms with Gasteiger partial charge in [-0.1, -0.05) is 42.1 Å². The smallest absolute Gasteiger partial charge is 0.244 e. The van der Waals surface area contributed by atoms with Crippen molar-refractivity contribution in [2.24, 2.45) is 11.8 Å². The number of hydrogen-bond donors (Lipinski definition) is 1. The van der Waals surface area contributed by atoms with E-state index in [9.17, 15) is 14.4 Å². The summed E-state index contributed by atoms with van der Waals surface area (Å²) in [5, 5.41) is 3.80. The van der Waals surface area contributed by atoms with E-state index >= 15 is 0 Å². The normalized spacial score (nSPS) is 23.3. The number of hydrogen-bond acceptors (Lipinski definition) is 4. The molecule has 146 valence electrons. The maximum Gasteiger partial charge on any atom is 0.244 e. The van der Waals surface area contributed by atoms with Gasteiger partial charge in [0, 0.05) is 22.3 Å². The Bertz CT molecular complexity index is 734. The molecule has 27 heavy (non-hydrogen) atoms. The van der Waals surface area contributed by atoms with Gasteiger partial charge in [0.15, 0.2) is 0 Å². The highest BCUT2D eigenvalue weighted by Crippen LogP contribution is 2.39. The Morgan fingerprint density at radius 1 is 1.22 bits per heavy atom. The summed E-state index contributed by atoms with van der Waals surface area (Å²) in [7, 11) is 0. The molecule has 1 aliphatic heterocycles. The number of amides is 3. The molecule has 5 nitrogen and oxygen atoms in total. The summed E-state index contributed by atoms with van der Waals surface area (Å²) in [6.45, 7) is 0.211. The van der Waals surface area contributed by atoms with Gasteiger partial charge in [-0.15, -0.1) is 0 Å². The van der Waals surface area contributed by atoms with Crippen molar-refractivity contribution in [3.05, 3.63) is 33.8 Å². The van der Waals surface area contributed by atoms with Gasteiger partial charge in [-0.25, -0.2) is 0 Å². The van der Waals surface area contributed by atoms with Crippen molar-refractivity contribution in [1.82, 2.24) is 10.2 Å². The Hall–Kier alpha value is -1.24. The highest BCUT2D eigenvalue weighted by molar-refractivity contribution is 7.98. The summed E-state index contributed by atoms with van der Waals surface area (Å²) >= 11 is 13.5. The molecular formula is C19H22Cl2N2O3S. The topological polar surface area (TPSA) is 66.5 Å². The minimum atomic E-state index is -0.795. The van der Waals surface area contributed by atoms with Crippen LogP contribution in [0.1, 0.15) is 31.2 Å². The first kappa shape index (κ1) is 20.5. The van der Waals surface area contributed by atoms with Crippen LogP contribution in [0.2, 0.25) is 10.0 Å². The highest BCUT2D eigenvalue weighted by Gasteiger charge is 2.51. The molecule has 1 saturated carbocycles. The highest BCUT2D eigenvalue weighted by atomic mass is 35.5. The minimum absolute atomic E-state index is 0.191. The monoisotopic (exact) mass is 428 g/mol. The van der Waals surface area contributed by atoms with E-state index in [-0.39, 0.29) is 36.1 Å². The standard InChI is InChI=1S/C19H22Cl2N2O3S/c1-27-10-16(17(24)22-9-11-6-7-12(20)8-15(11)21)23-18(25)13-4-2-3-5-14(13)19(23)26/h6-8,13-14,16H,2-5,9-10H2,1H3,(H,22,24)/t13-,14-,16-/m1/s1. The predicted molar refractivity (Wildman–Crippen MR) is 108 cm³/mol. The number of halogens is 2. The maximum absolute atomic E-state index is 12.8. The third kappa shape index (κ3) is 4.28. The van der Waals surface area contributed by atoms with Gasteiger partial charge in [0.25, 0.3) is 0 Å². The number of imide groups is 1. The molecule has 0 unspecified atom stereocenters. The molecule has 8 heteroatoms. The molecule has 2 aliphatic rings. The van der Waals surface area contributed by atoms with Gasteiger partial charge in [0.05, 0.1) is 11.8 Å². The molecule has 2 fully saturated rings.